The second-order valence-electron chi connectivity index (χ2n) is 3.85. The van der Waals surface area contributed by atoms with Crippen LogP contribution in [0.25, 0.3) is 0 Å². The van der Waals surface area contributed by atoms with Gasteiger partial charge in [-0.3, -0.25) is 4.68 Å². The highest BCUT2D eigenvalue weighted by Gasteiger charge is 2.25. The molecule has 2 N–H and O–H groups in total. The maximum atomic E-state index is 12.2. The van der Waals surface area contributed by atoms with Crippen LogP contribution in [0.15, 0.2) is 29.4 Å². The lowest BCUT2D eigenvalue weighted by molar-refractivity contribution is 0.437. The average Bonchev–Trinajstić information content (AvgIpc) is 2.80. The minimum atomic E-state index is -3.40. The normalized spacial score (nSPS) is 17.5. The number of hydrogen-bond acceptors (Lipinski definition) is 4. The summed E-state index contributed by atoms with van der Waals surface area (Å²) in [6.07, 6.45) is 7.52. The molecule has 0 spiro atoms. The number of aromatic nitrogens is 2. The predicted octanol–water partition coefficient (Wildman–Crippen LogP) is -0.208. The molecule has 0 unspecified atom stereocenters. The Morgan fingerprint density at radius 1 is 1.41 bits per heavy atom. The van der Waals surface area contributed by atoms with E-state index < -0.39 is 10.0 Å². The molecule has 0 saturated heterocycles. The van der Waals surface area contributed by atoms with Crippen molar-refractivity contribution in [2.24, 2.45) is 5.73 Å². The Hall–Kier alpha value is -1.18. The van der Waals surface area contributed by atoms with Crippen LogP contribution in [-0.4, -0.2) is 42.1 Å². The number of rotatable bonds is 4. The molecule has 0 radical (unpaired) electrons. The largest absolute Gasteiger partial charge is 0.329 e. The molecule has 0 atom stereocenters. The summed E-state index contributed by atoms with van der Waals surface area (Å²) in [5, 5.41) is 3.98. The quantitative estimate of drug-likeness (QED) is 0.756. The van der Waals surface area contributed by atoms with E-state index in [-0.39, 0.29) is 4.90 Å². The van der Waals surface area contributed by atoms with Gasteiger partial charge in [-0.15, -0.1) is 0 Å². The molecule has 7 heteroatoms. The van der Waals surface area contributed by atoms with Crippen molar-refractivity contribution in [1.82, 2.24) is 14.1 Å². The minimum Gasteiger partial charge on any atom is -0.329 e. The highest BCUT2D eigenvalue weighted by atomic mass is 32.2. The average molecular weight is 256 g/mol. The van der Waals surface area contributed by atoms with Gasteiger partial charge in [-0.05, 0) is 6.42 Å². The van der Waals surface area contributed by atoms with Crippen molar-refractivity contribution >= 4 is 10.0 Å². The maximum absolute atomic E-state index is 12.2. The van der Waals surface area contributed by atoms with Gasteiger partial charge >= 0.3 is 0 Å². The lowest BCUT2D eigenvalue weighted by atomic mass is 10.3. The molecule has 17 heavy (non-hydrogen) atoms. The smallest absolute Gasteiger partial charge is 0.246 e. The Bertz CT molecular complexity index is 506. The number of hydrogen-bond donors (Lipinski definition) is 1. The topological polar surface area (TPSA) is 81.2 Å². The zero-order chi connectivity index (χ0) is 12.3. The number of sulfonamides is 1. The van der Waals surface area contributed by atoms with Crippen LogP contribution in [0.1, 0.15) is 6.42 Å². The Balaban J connectivity index is 2.21. The maximum Gasteiger partial charge on any atom is 0.246 e. The second-order valence-corrected chi connectivity index (χ2v) is 5.79. The van der Waals surface area contributed by atoms with Crippen LogP contribution in [-0.2, 0) is 16.6 Å². The molecule has 0 bridgehead atoms. The van der Waals surface area contributed by atoms with Gasteiger partial charge in [0.15, 0.2) is 0 Å². The van der Waals surface area contributed by atoms with Crippen molar-refractivity contribution in [2.45, 2.75) is 17.9 Å². The standard InChI is InChI=1S/C10H16N4O2S/c11-4-7-13-9-10(8-12-13)17(15,16)14-5-2-1-3-6-14/h1-2,8-9H,3-7,11H2. The van der Waals surface area contributed by atoms with Crippen molar-refractivity contribution in [3.8, 4) is 0 Å². The molecule has 2 heterocycles. The van der Waals surface area contributed by atoms with Crippen molar-refractivity contribution < 1.29 is 8.42 Å². The van der Waals surface area contributed by atoms with Gasteiger partial charge in [-0.25, -0.2) is 8.42 Å². The van der Waals surface area contributed by atoms with Crippen LogP contribution in [0.2, 0.25) is 0 Å². The van der Waals surface area contributed by atoms with Crippen molar-refractivity contribution in [2.75, 3.05) is 19.6 Å². The van der Waals surface area contributed by atoms with E-state index >= 15 is 0 Å². The van der Waals surface area contributed by atoms with E-state index in [0.717, 1.165) is 6.42 Å². The molecule has 0 saturated carbocycles. The predicted molar refractivity (Wildman–Crippen MR) is 63.8 cm³/mol. The van der Waals surface area contributed by atoms with E-state index in [4.69, 9.17) is 5.73 Å². The molecular weight excluding hydrogens is 240 g/mol. The highest BCUT2D eigenvalue weighted by molar-refractivity contribution is 7.89. The van der Waals surface area contributed by atoms with E-state index in [2.05, 4.69) is 5.10 Å². The van der Waals surface area contributed by atoms with E-state index in [1.807, 2.05) is 12.2 Å². The Morgan fingerprint density at radius 2 is 2.24 bits per heavy atom. The molecule has 94 valence electrons. The Morgan fingerprint density at radius 3 is 2.88 bits per heavy atom. The zero-order valence-corrected chi connectivity index (χ0v) is 10.3. The molecule has 6 nitrogen and oxygen atoms in total. The van der Waals surface area contributed by atoms with E-state index in [1.54, 1.807) is 4.68 Å². The Labute approximate surface area is 101 Å². The van der Waals surface area contributed by atoms with Crippen LogP contribution in [0.4, 0.5) is 0 Å². The lowest BCUT2D eigenvalue weighted by Gasteiger charge is -2.21. The molecule has 2 rings (SSSR count). The van der Waals surface area contributed by atoms with Gasteiger partial charge in [0.05, 0.1) is 12.7 Å². The molecule has 1 aliphatic rings. The van der Waals surface area contributed by atoms with Gasteiger partial charge in [0.2, 0.25) is 10.0 Å². The van der Waals surface area contributed by atoms with Crippen molar-refractivity contribution in [3.05, 3.63) is 24.5 Å². The molecule has 0 aliphatic carbocycles. The first-order valence-corrected chi connectivity index (χ1v) is 6.96. The first kappa shape index (κ1) is 12.3. The molecule has 1 aliphatic heterocycles. The van der Waals surface area contributed by atoms with Crippen LogP contribution in [0.5, 0.6) is 0 Å². The number of nitrogens with zero attached hydrogens (tertiary/aromatic N) is 3. The molecule has 1 aromatic heterocycles. The molecule has 0 fully saturated rings. The van der Waals surface area contributed by atoms with Crippen LogP contribution >= 0.6 is 0 Å². The summed E-state index contributed by atoms with van der Waals surface area (Å²) in [5.41, 5.74) is 5.39. The van der Waals surface area contributed by atoms with Crippen LogP contribution < -0.4 is 5.73 Å². The Kier molecular flexibility index (Phi) is 3.60. The molecule has 1 aromatic rings. The van der Waals surface area contributed by atoms with E-state index in [9.17, 15) is 8.42 Å². The van der Waals surface area contributed by atoms with Crippen LogP contribution in [0.3, 0.4) is 0 Å². The van der Waals surface area contributed by atoms with Crippen LogP contribution in [0, 0.1) is 0 Å². The molecule has 0 aromatic carbocycles. The van der Waals surface area contributed by atoms with E-state index in [0.29, 0.717) is 26.2 Å². The monoisotopic (exact) mass is 256 g/mol. The third kappa shape index (κ3) is 2.56. The van der Waals surface area contributed by atoms with Gasteiger partial charge in [-0.1, -0.05) is 12.2 Å². The SMILES string of the molecule is NCCn1cc(S(=O)(=O)N2CC=CCC2)cn1. The summed E-state index contributed by atoms with van der Waals surface area (Å²) in [4.78, 5) is 0.237. The third-order valence-electron chi connectivity index (χ3n) is 2.63. The second kappa shape index (κ2) is 4.99. The summed E-state index contributed by atoms with van der Waals surface area (Å²) < 4.78 is 27.4. The highest BCUT2D eigenvalue weighted by Crippen LogP contribution is 2.17. The fourth-order valence-electron chi connectivity index (χ4n) is 1.72. The lowest BCUT2D eigenvalue weighted by Crippen LogP contribution is -2.33. The van der Waals surface area contributed by atoms with Gasteiger partial charge in [-0.2, -0.15) is 9.40 Å². The van der Waals surface area contributed by atoms with E-state index in [1.165, 1.54) is 16.7 Å². The van der Waals surface area contributed by atoms with Gasteiger partial charge in [0.25, 0.3) is 0 Å². The summed E-state index contributed by atoms with van der Waals surface area (Å²) >= 11 is 0. The van der Waals surface area contributed by atoms with Crippen molar-refractivity contribution in [3.63, 3.8) is 0 Å². The molecular formula is C10H16N4O2S. The summed E-state index contributed by atoms with van der Waals surface area (Å²) in [7, 11) is -3.40. The first-order chi connectivity index (χ1) is 8.14. The zero-order valence-electron chi connectivity index (χ0n) is 9.49. The number of nitrogens with two attached hydrogens (primary N) is 1. The minimum absolute atomic E-state index is 0.237. The van der Waals surface area contributed by atoms with Crippen molar-refractivity contribution in [1.29, 1.82) is 0 Å². The summed E-state index contributed by atoms with van der Waals surface area (Å²) in [5.74, 6) is 0. The molecule has 0 amide bonds. The summed E-state index contributed by atoms with van der Waals surface area (Å²) in [6.45, 7) is 1.92. The van der Waals surface area contributed by atoms with Gasteiger partial charge < -0.3 is 5.73 Å². The van der Waals surface area contributed by atoms with Gasteiger partial charge in [0.1, 0.15) is 4.90 Å². The first-order valence-electron chi connectivity index (χ1n) is 5.52. The van der Waals surface area contributed by atoms with Gasteiger partial charge in [0, 0.05) is 25.8 Å². The third-order valence-corrected chi connectivity index (χ3v) is 4.44. The fourth-order valence-corrected chi connectivity index (χ4v) is 3.08. The summed E-state index contributed by atoms with van der Waals surface area (Å²) in [6, 6.07) is 0. The fraction of sp³-hybridized carbons (Fsp3) is 0.500.